The van der Waals surface area contributed by atoms with Crippen molar-refractivity contribution in [2.24, 2.45) is 0 Å². The van der Waals surface area contributed by atoms with Crippen LogP contribution in [0, 0.1) is 0 Å². The molecule has 5 heteroatoms. The van der Waals surface area contributed by atoms with E-state index in [4.69, 9.17) is 14.0 Å². The first-order chi connectivity index (χ1) is 8.31. The Morgan fingerprint density at radius 1 is 1.00 bits per heavy atom. The zero-order valence-corrected chi connectivity index (χ0v) is 9.43. The normalized spacial score (nSPS) is 10.9. The van der Waals surface area contributed by atoms with E-state index in [1.54, 1.807) is 20.4 Å². The Morgan fingerprint density at radius 3 is 2.53 bits per heavy atom. The topological polar surface area (TPSA) is 57.4 Å². The molecule has 0 aliphatic carbocycles. The van der Waals surface area contributed by atoms with Crippen LogP contribution in [0.15, 0.2) is 28.9 Å². The summed E-state index contributed by atoms with van der Waals surface area (Å²) in [6.07, 6.45) is 1.64. The molecule has 0 aliphatic rings. The molecule has 0 aliphatic heterocycles. The van der Waals surface area contributed by atoms with Gasteiger partial charge in [-0.05, 0) is 12.1 Å². The standard InChI is InChI=1S/C12H10N2O3/c1-15-10-4-7-3-8-6-13-17-12(8)14-9(7)5-11(10)16-2/h3-6H,1-2H3. The average molecular weight is 230 g/mol. The highest BCUT2D eigenvalue weighted by Crippen LogP contribution is 2.32. The first-order valence-corrected chi connectivity index (χ1v) is 5.09. The van der Waals surface area contributed by atoms with Crippen molar-refractivity contribution in [1.82, 2.24) is 10.1 Å². The van der Waals surface area contributed by atoms with Crippen molar-refractivity contribution in [3.05, 3.63) is 24.4 Å². The van der Waals surface area contributed by atoms with Gasteiger partial charge in [0.05, 0.1) is 31.3 Å². The van der Waals surface area contributed by atoms with Crippen molar-refractivity contribution in [3.63, 3.8) is 0 Å². The van der Waals surface area contributed by atoms with Crippen LogP contribution in [-0.2, 0) is 0 Å². The first kappa shape index (κ1) is 9.89. The third-order valence-electron chi connectivity index (χ3n) is 2.64. The fourth-order valence-electron chi connectivity index (χ4n) is 1.80. The van der Waals surface area contributed by atoms with Crippen LogP contribution in [-0.4, -0.2) is 24.4 Å². The van der Waals surface area contributed by atoms with Crippen molar-refractivity contribution in [2.75, 3.05) is 14.2 Å². The molecule has 86 valence electrons. The molecule has 0 amide bonds. The molecule has 0 radical (unpaired) electrons. The quantitative estimate of drug-likeness (QED) is 0.676. The Bertz CT molecular complexity index is 633. The summed E-state index contributed by atoms with van der Waals surface area (Å²) in [7, 11) is 3.20. The minimum absolute atomic E-state index is 0.518. The predicted octanol–water partition coefficient (Wildman–Crippen LogP) is 2.39. The fourth-order valence-corrected chi connectivity index (χ4v) is 1.80. The number of pyridine rings is 1. The summed E-state index contributed by atoms with van der Waals surface area (Å²) in [5.41, 5.74) is 1.30. The second-order valence-corrected chi connectivity index (χ2v) is 3.61. The van der Waals surface area contributed by atoms with Gasteiger partial charge >= 0.3 is 0 Å². The Kier molecular flexibility index (Phi) is 2.11. The van der Waals surface area contributed by atoms with E-state index < -0.39 is 0 Å². The molecule has 0 saturated heterocycles. The summed E-state index contributed by atoms with van der Waals surface area (Å²) in [6.45, 7) is 0. The van der Waals surface area contributed by atoms with Gasteiger partial charge in [0.15, 0.2) is 11.5 Å². The molecule has 3 aromatic rings. The van der Waals surface area contributed by atoms with Crippen LogP contribution in [0.2, 0.25) is 0 Å². The molecule has 0 atom stereocenters. The highest BCUT2D eigenvalue weighted by atomic mass is 16.5. The molecule has 0 fully saturated rings. The maximum atomic E-state index is 5.25. The van der Waals surface area contributed by atoms with E-state index in [2.05, 4.69) is 10.1 Å². The highest BCUT2D eigenvalue weighted by Gasteiger charge is 2.09. The molecule has 3 rings (SSSR count). The van der Waals surface area contributed by atoms with Crippen LogP contribution in [0.5, 0.6) is 11.5 Å². The molecule has 0 saturated carbocycles. The van der Waals surface area contributed by atoms with Crippen molar-refractivity contribution >= 4 is 22.0 Å². The van der Waals surface area contributed by atoms with E-state index in [1.807, 2.05) is 18.2 Å². The molecule has 2 aromatic heterocycles. The van der Waals surface area contributed by atoms with Gasteiger partial charge in [-0.2, -0.15) is 0 Å². The molecular formula is C12H10N2O3. The zero-order valence-electron chi connectivity index (χ0n) is 9.43. The number of hydrogen-bond acceptors (Lipinski definition) is 5. The minimum Gasteiger partial charge on any atom is -0.493 e. The Morgan fingerprint density at radius 2 is 1.76 bits per heavy atom. The van der Waals surface area contributed by atoms with Crippen LogP contribution < -0.4 is 9.47 Å². The number of fused-ring (bicyclic) bond motifs is 2. The Labute approximate surface area is 96.9 Å². The number of rotatable bonds is 2. The second kappa shape index (κ2) is 3.62. The van der Waals surface area contributed by atoms with Crippen LogP contribution in [0.4, 0.5) is 0 Å². The maximum absolute atomic E-state index is 5.25. The van der Waals surface area contributed by atoms with E-state index >= 15 is 0 Å². The van der Waals surface area contributed by atoms with Crippen LogP contribution in [0.3, 0.4) is 0 Å². The number of aromatic nitrogens is 2. The molecule has 1 aromatic carbocycles. The minimum atomic E-state index is 0.518. The van der Waals surface area contributed by atoms with Crippen molar-refractivity contribution in [1.29, 1.82) is 0 Å². The Balaban J connectivity index is 2.36. The SMILES string of the molecule is COc1cc2cc3cnoc3nc2cc1OC. The van der Waals surface area contributed by atoms with E-state index in [0.717, 1.165) is 16.3 Å². The summed E-state index contributed by atoms with van der Waals surface area (Å²) in [5.74, 6) is 1.32. The predicted molar refractivity (Wildman–Crippen MR) is 62.4 cm³/mol. The van der Waals surface area contributed by atoms with Gasteiger partial charge in [0, 0.05) is 11.5 Å². The summed E-state index contributed by atoms with van der Waals surface area (Å²) < 4.78 is 15.5. The summed E-state index contributed by atoms with van der Waals surface area (Å²) in [4.78, 5) is 4.36. The first-order valence-electron chi connectivity index (χ1n) is 5.09. The van der Waals surface area contributed by atoms with Gasteiger partial charge in [-0.3, -0.25) is 0 Å². The molecule has 17 heavy (non-hydrogen) atoms. The number of nitrogens with zero attached hydrogens (tertiary/aromatic N) is 2. The lowest BCUT2D eigenvalue weighted by Gasteiger charge is -2.08. The summed E-state index contributed by atoms with van der Waals surface area (Å²) in [5, 5.41) is 5.53. The number of benzene rings is 1. The molecule has 0 N–H and O–H groups in total. The third kappa shape index (κ3) is 1.47. The monoisotopic (exact) mass is 230 g/mol. The Hall–Kier alpha value is -2.30. The van der Waals surface area contributed by atoms with Crippen LogP contribution >= 0.6 is 0 Å². The smallest absolute Gasteiger partial charge is 0.258 e. The average Bonchev–Trinajstić information content (AvgIpc) is 2.81. The highest BCUT2D eigenvalue weighted by molar-refractivity contribution is 5.91. The molecule has 0 unspecified atom stereocenters. The van der Waals surface area contributed by atoms with Gasteiger partial charge in [-0.25, -0.2) is 4.98 Å². The maximum Gasteiger partial charge on any atom is 0.258 e. The van der Waals surface area contributed by atoms with Crippen molar-refractivity contribution in [3.8, 4) is 11.5 Å². The van der Waals surface area contributed by atoms with Gasteiger partial charge in [0.1, 0.15) is 0 Å². The van der Waals surface area contributed by atoms with E-state index in [1.165, 1.54) is 0 Å². The van der Waals surface area contributed by atoms with Crippen LogP contribution in [0.25, 0.3) is 22.0 Å². The van der Waals surface area contributed by atoms with E-state index in [9.17, 15) is 0 Å². The number of hydrogen-bond donors (Lipinski definition) is 0. The molecule has 5 nitrogen and oxygen atoms in total. The molecule has 0 spiro atoms. The lowest BCUT2D eigenvalue weighted by Crippen LogP contribution is -1.91. The van der Waals surface area contributed by atoms with E-state index in [0.29, 0.717) is 17.2 Å². The van der Waals surface area contributed by atoms with Gasteiger partial charge in [0.25, 0.3) is 5.71 Å². The van der Waals surface area contributed by atoms with Gasteiger partial charge in [0.2, 0.25) is 0 Å². The number of ether oxygens (including phenoxy) is 2. The summed E-state index contributed by atoms with van der Waals surface area (Å²) in [6, 6.07) is 5.65. The van der Waals surface area contributed by atoms with E-state index in [-0.39, 0.29) is 0 Å². The second-order valence-electron chi connectivity index (χ2n) is 3.61. The van der Waals surface area contributed by atoms with Gasteiger partial charge < -0.3 is 14.0 Å². The fraction of sp³-hybridized carbons (Fsp3) is 0.167. The van der Waals surface area contributed by atoms with Crippen molar-refractivity contribution < 1.29 is 14.0 Å². The van der Waals surface area contributed by atoms with Crippen molar-refractivity contribution in [2.45, 2.75) is 0 Å². The third-order valence-corrected chi connectivity index (χ3v) is 2.64. The van der Waals surface area contributed by atoms with Crippen LogP contribution in [0.1, 0.15) is 0 Å². The largest absolute Gasteiger partial charge is 0.493 e. The molecule has 2 heterocycles. The van der Waals surface area contributed by atoms with Gasteiger partial charge in [-0.15, -0.1) is 0 Å². The summed E-state index contributed by atoms with van der Waals surface area (Å²) >= 11 is 0. The molecular weight excluding hydrogens is 220 g/mol. The lowest BCUT2D eigenvalue weighted by atomic mass is 10.1. The molecule has 0 bridgehead atoms. The lowest BCUT2D eigenvalue weighted by molar-refractivity contribution is 0.356. The zero-order chi connectivity index (χ0) is 11.8. The van der Waals surface area contributed by atoms with Gasteiger partial charge in [-0.1, -0.05) is 5.16 Å². The number of methoxy groups -OCH3 is 2.